The minimum Gasteiger partial charge on any atom is -0.365 e. The predicted molar refractivity (Wildman–Crippen MR) is 80.4 cm³/mol. The number of allylic oxidation sites excluding steroid dienone is 3. The Hall–Kier alpha value is -2.15. The molecule has 1 rings (SSSR count). The van der Waals surface area contributed by atoms with E-state index in [9.17, 15) is 14.0 Å². The van der Waals surface area contributed by atoms with Gasteiger partial charge in [0.2, 0.25) is 11.8 Å². The summed E-state index contributed by atoms with van der Waals surface area (Å²) in [4.78, 5) is 26.5. The second-order valence-electron chi connectivity index (χ2n) is 5.11. The zero-order chi connectivity index (χ0) is 16.7. The highest BCUT2D eigenvalue weighted by molar-refractivity contribution is 5.83. The number of rotatable bonds is 6. The van der Waals surface area contributed by atoms with Crippen molar-refractivity contribution >= 4 is 11.8 Å². The third-order valence-electron chi connectivity index (χ3n) is 3.53. The molecule has 1 atom stereocenters. The molecule has 0 saturated carbocycles. The highest BCUT2D eigenvalue weighted by Gasteiger charge is 2.28. The number of carbonyl (C=O) groups is 2. The van der Waals surface area contributed by atoms with Crippen molar-refractivity contribution < 1.29 is 19.2 Å². The van der Waals surface area contributed by atoms with E-state index < -0.39 is 11.7 Å². The first-order valence-corrected chi connectivity index (χ1v) is 7.05. The lowest BCUT2D eigenvalue weighted by atomic mass is 10.1. The van der Waals surface area contributed by atoms with Crippen LogP contribution in [0.4, 0.5) is 4.39 Å². The van der Waals surface area contributed by atoms with Gasteiger partial charge in [-0.25, -0.2) is 9.87 Å². The van der Waals surface area contributed by atoms with Crippen molar-refractivity contribution in [1.82, 2.24) is 15.3 Å². The Balaban J connectivity index is 2.64. The van der Waals surface area contributed by atoms with Gasteiger partial charge in [0.25, 0.3) is 0 Å². The van der Waals surface area contributed by atoms with E-state index in [1.165, 1.54) is 11.6 Å². The van der Waals surface area contributed by atoms with E-state index >= 15 is 0 Å². The van der Waals surface area contributed by atoms with Crippen LogP contribution >= 0.6 is 0 Å². The van der Waals surface area contributed by atoms with Gasteiger partial charge in [0, 0.05) is 38.5 Å². The fourth-order valence-electron chi connectivity index (χ4n) is 2.45. The summed E-state index contributed by atoms with van der Waals surface area (Å²) in [6.07, 6.45) is 3.01. The fraction of sp³-hybridized carbons (Fsp3) is 0.467. The monoisotopic (exact) mass is 311 g/mol. The van der Waals surface area contributed by atoms with Crippen molar-refractivity contribution in [3.05, 3.63) is 36.8 Å². The van der Waals surface area contributed by atoms with E-state index in [4.69, 9.17) is 5.21 Å². The molecule has 0 spiro atoms. The highest BCUT2D eigenvalue weighted by Crippen LogP contribution is 2.21. The number of hydrogen-bond donors (Lipinski definition) is 2. The van der Waals surface area contributed by atoms with Gasteiger partial charge in [0.05, 0.1) is 5.70 Å². The van der Waals surface area contributed by atoms with Crippen LogP contribution in [-0.2, 0) is 9.59 Å². The van der Waals surface area contributed by atoms with E-state index in [0.29, 0.717) is 25.3 Å². The van der Waals surface area contributed by atoms with Crippen LogP contribution in [0.1, 0.15) is 19.8 Å². The number of hydrogen-bond acceptors (Lipinski definition) is 4. The summed E-state index contributed by atoms with van der Waals surface area (Å²) in [5, 5.41) is 8.42. The molecule has 1 heterocycles. The van der Waals surface area contributed by atoms with Crippen molar-refractivity contribution in [2.75, 3.05) is 19.6 Å². The minimum atomic E-state index is -0.593. The number of hydroxylamine groups is 1. The van der Waals surface area contributed by atoms with Gasteiger partial charge in [0.15, 0.2) is 0 Å². The summed E-state index contributed by atoms with van der Waals surface area (Å²) in [6, 6.07) is -0.119. The van der Waals surface area contributed by atoms with Gasteiger partial charge in [-0.05, 0) is 13.0 Å². The quantitative estimate of drug-likeness (QED) is 0.441. The predicted octanol–water partition coefficient (Wildman–Crippen LogP) is 1.36. The molecule has 1 saturated heterocycles. The Kier molecular flexibility index (Phi) is 6.78. The van der Waals surface area contributed by atoms with Crippen LogP contribution in [0.25, 0.3) is 0 Å². The summed E-state index contributed by atoms with van der Waals surface area (Å²) >= 11 is 0. The van der Waals surface area contributed by atoms with E-state index in [1.807, 2.05) is 11.8 Å². The molecule has 0 aromatic carbocycles. The van der Waals surface area contributed by atoms with Crippen LogP contribution in [0.5, 0.6) is 0 Å². The van der Waals surface area contributed by atoms with E-state index in [0.717, 1.165) is 0 Å². The Morgan fingerprint density at radius 2 is 2.09 bits per heavy atom. The van der Waals surface area contributed by atoms with Gasteiger partial charge >= 0.3 is 0 Å². The summed E-state index contributed by atoms with van der Waals surface area (Å²) in [7, 11) is 0. The van der Waals surface area contributed by atoms with Crippen molar-refractivity contribution in [3.63, 3.8) is 0 Å². The van der Waals surface area contributed by atoms with Crippen LogP contribution in [0.3, 0.4) is 0 Å². The molecule has 0 aliphatic carbocycles. The van der Waals surface area contributed by atoms with E-state index in [1.54, 1.807) is 11.0 Å². The van der Waals surface area contributed by atoms with Crippen LogP contribution < -0.4 is 5.48 Å². The Labute approximate surface area is 129 Å². The molecule has 0 aromatic rings. The Morgan fingerprint density at radius 3 is 2.59 bits per heavy atom. The smallest absolute Gasteiger partial charge is 0.243 e. The lowest BCUT2D eigenvalue weighted by Crippen LogP contribution is -2.53. The molecule has 6 nitrogen and oxygen atoms in total. The lowest BCUT2D eigenvalue weighted by molar-refractivity contribution is -0.138. The zero-order valence-corrected chi connectivity index (χ0v) is 12.7. The van der Waals surface area contributed by atoms with Crippen molar-refractivity contribution in [1.29, 1.82) is 0 Å². The normalized spacial score (nSPS) is 18.9. The maximum atomic E-state index is 13.5. The first kappa shape index (κ1) is 17.9. The third kappa shape index (κ3) is 4.70. The highest BCUT2D eigenvalue weighted by atomic mass is 19.1. The van der Waals surface area contributed by atoms with Gasteiger partial charge < -0.3 is 9.80 Å². The number of nitrogens with one attached hydrogen (secondary N) is 1. The summed E-state index contributed by atoms with van der Waals surface area (Å²) < 4.78 is 13.5. The lowest BCUT2D eigenvalue weighted by Gasteiger charge is -2.41. The third-order valence-corrected chi connectivity index (χ3v) is 3.53. The Morgan fingerprint density at radius 1 is 1.41 bits per heavy atom. The number of nitrogens with zero attached hydrogens (tertiary/aromatic N) is 2. The largest absolute Gasteiger partial charge is 0.365 e. The molecule has 2 N–H and O–H groups in total. The Bertz CT molecular complexity index is 490. The van der Waals surface area contributed by atoms with Crippen molar-refractivity contribution in [2.24, 2.45) is 0 Å². The number of amides is 2. The average Bonchev–Trinajstić information content (AvgIpc) is 2.49. The van der Waals surface area contributed by atoms with Gasteiger partial charge in [0.1, 0.15) is 5.83 Å². The van der Waals surface area contributed by atoms with E-state index in [2.05, 4.69) is 13.2 Å². The van der Waals surface area contributed by atoms with Gasteiger partial charge in [-0.2, -0.15) is 0 Å². The van der Waals surface area contributed by atoms with Crippen molar-refractivity contribution in [3.8, 4) is 0 Å². The van der Waals surface area contributed by atoms with Crippen LogP contribution in [0, 0.1) is 0 Å². The molecule has 1 aliphatic heterocycles. The first-order valence-electron chi connectivity index (χ1n) is 7.05. The average molecular weight is 311 g/mol. The van der Waals surface area contributed by atoms with Gasteiger partial charge in [-0.3, -0.25) is 14.8 Å². The van der Waals surface area contributed by atoms with Crippen molar-refractivity contribution in [2.45, 2.75) is 25.8 Å². The molecule has 7 heteroatoms. The van der Waals surface area contributed by atoms with Gasteiger partial charge in [-0.1, -0.05) is 19.2 Å². The fourth-order valence-corrected chi connectivity index (χ4v) is 2.45. The maximum Gasteiger partial charge on any atom is 0.243 e. The molecule has 22 heavy (non-hydrogen) atoms. The summed E-state index contributed by atoms with van der Waals surface area (Å²) in [5.41, 5.74) is 1.87. The van der Waals surface area contributed by atoms with E-state index in [-0.39, 0.29) is 24.8 Å². The molecule has 0 radical (unpaired) electrons. The zero-order valence-electron chi connectivity index (χ0n) is 12.7. The summed E-state index contributed by atoms with van der Waals surface area (Å²) in [5.74, 6) is -1.29. The summed E-state index contributed by atoms with van der Waals surface area (Å²) in [6.45, 7) is 10.1. The molecule has 0 unspecified atom stereocenters. The van der Waals surface area contributed by atoms with Gasteiger partial charge in [-0.15, -0.1) is 0 Å². The minimum absolute atomic E-state index is 0.0297. The molecule has 1 aliphatic rings. The maximum absolute atomic E-state index is 13.5. The standard InChI is InChI=1S/C15H22FN3O3/c1-4-5-13(12(3)16)18-8-9-19(11(2)10-18)15(21)7-6-14(20)17-22/h4-5,11,22H,1,3,6-10H2,2H3,(H,17,20)/b13-5+/t11-/m0/s1. The SMILES string of the molecule is C=C/C=C(\C(=C)F)N1CCN(C(=O)CCC(=O)NO)[C@@H](C)C1. The second-order valence-corrected chi connectivity index (χ2v) is 5.11. The molecule has 2 amide bonds. The molecule has 122 valence electrons. The molecular weight excluding hydrogens is 289 g/mol. The molecule has 1 fully saturated rings. The number of carbonyl (C=O) groups excluding carboxylic acids is 2. The molecular formula is C15H22FN3O3. The van der Waals surface area contributed by atoms with Crippen LogP contribution in [0.15, 0.2) is 36.8 Å². The topological polar surface area (TPSA) is 72.9 Å². The number of halogens is 1. The van der Waals surface area contributed by atoms with Crippen LogP contribution in [0.2, 0.25) is 0 Å². The number of piperazine rings is 1. The molecule has 0 aromatic heterocycles. The first-order chi connectivity index (χ1) is 10.4. The van der Waals surface area contributed by atoms with Crippen LogP contribution in [-0.4, -0.2) is 52.5 Å². The second kappa shape index (κ2) is 8.33. The molecule has 0 bridgehead atoms.